The van der Waals surface area contributed by atoms with Crippen molar-refractivity contribution in [1.82, 2.24) is 9.88 Å². The molecule has 0 fully saturated rings. The lowest BCUT2D eigenvalue weighted by Gasteiger charge is -2.27. The number of para-hydroxylation sites is 1. The van der Waals surface area contributed by atoms with Gasteiger partial charge in [-0.25, -0.2) is 0 Å². The van der Waals surface area contributed by atoms with Crippen molar-refractivity contribution in [3.05, 3.63) is 61.3 Å². The minimum atomic E-state index is -0.505. The zero-order chi connectivity index (χ0) is 19.1. The van der Waals surface area contributed by atoms with Crippen LogP contribution in [0.5, 0.6) is 11.5 Å². The lowest BCUT2D eigenvalue weighted by atomic mass is 10.1. The number of nitrogens with one attached hydrogen (secondary N) is 2. The number of hydrogen-bond acceptors (Lipinski definition) is 6. The fraction of sp³-hybridized carbons (Fsp3) is 0.111. The molecule has 0 radical (unpaired) electrons. The maximum Gasteiger partial charge on any atom is 0.267 e. The van der Waals surface area contributed by atoms with Crippen LogP contribution in [-0.2, 0) is 0 Å². The largest absolute Gasteiger partial charge is 0.503 e. The number of ether oxygens (including phenoxy) is 1. The van der Waals surface area contributed by atoms with Gasteiger partial charge in [0, 0.05) is 5.69 Å². The minimum absolute atomic E-state index is 0.00630. The number of rotatable bonds is 3. The van der Waals surface area contributed by atoms with Crippen molar-refractivity contribution in [2.45, 2.75) is 6.17 Å². The zero-order valence-corrected chi connectivity index (χ0v) is 17.2. The highest BCUT2D eigenvalue weighted by Gasteiger charge is 2.30. The maximum absolute atomic E-state index is 12.7. The van der Waals surface area contributed by atoms with Gasteiger partial charge in [-0.05, 0) is 58.0 Å². The highest BCUT2D eigenvalue weighted by Crippen LogP contribution is 2.39. The monoisotopic (exact) mass is 463 g/mol. The Morgan fingerprint density at radius 2 is 2.00 bits per heavy atom. The first-order chi connectivity index (χ1) is 13.0. The number of halogens is 1. The van der Waals surface area contributed by atoms with Crippen LogP contribution in [0.4, 0.5) is 5.82 Å². The number of phenolic OH excluding ortho intramolecular Hbond substituents is 1. The van der Waals surface area contributed by atoms with Crippen LogP contribution in [0.25, 0.3) is 5.69 Å². The molecule has 2 aromatic carbocycles. The second-order valence-electron chi connectivity index (χ2n) is 5.82. The van der Waals surface area contributed by atoms with Gasteiger partial charge in [-0.3, -0.25) is 9.36 Å². The van der Waals surface area contributed by atoms with E-state index in [9.17, 15) is 9.90 Å². The van der Waals surface area contributed by atoms with Crippen molar-refractivity contribution < 1.29 is 14.6 Å². The molecule has 3 N–H and O–H groups in total. The first kappa shape index (κ1) is 18.0. The predicted octanol–water partition coefficient (Wildman–Crippen LogP) is 4.60. The second kappa shape index (κ2) is 6.99. The number of amides is 1. The van der Waals surface area contributed by atoms with Gasteiger partial charge >= 0.3 is 0 Å². The number of carbonyl (C=O) groups is 1. The molecule has 0 bridgehead atoms. The molecule has 0 saturated carbocycles. The highest BCUT2D eigenvalue weighted by atomic mass is 79.9. The summed E-state index contributed by atoms with van der Waals surface area (Å²) in [6.07, 6.45) is -0.505. The summed E-state index contributed by atoms with van der Waals surface area (Å²) in [5.74, 6) is 0.758. The third-order valence-corrected chi connectivity index (χ3v) is 6.17. The quantitative estimate of drug-likeness (QED) is 0.494. The van der Waals surface area contributed by atoms with Crippen LogP contribution in [0.15, 0.2) is 46.9 Å². The van der Waals surface area contributed by atoms with Crippen LogP contribution in [0, 0.1) is 3.95 Å². The van der Waals surface area contributed by atoms with E-state index in [0.29, 0.717) is 24.9 Å². The van der Waals surface area contributed by atoms with Gasteiger partial charge in [0.15, 0.2) is 15.5 Å². The number of thiazole rings is 1. The van der Waals surface area contributed by atoms with Crippen LogP contribution in [0.3, 0.4) is 0 Å². The van der Waals surface area contributed by atoms with Gasteiger partial charge in [0.25, 0.3) is 5.91 Å². The van der Waals surface area contributed by atoms with E-state index in [-0.39, 0.29) is 11.7 Å². The number of carbonyl (C=O) groups excluding carboxylic acids is 1. The molecule has 6 nitrogen and oxygen atoms in total. The number of anilines is 1. The Hall–Kier alpha value is -2.36. The Morgan fingerprint density at radius 1 is 1.26 bits per heavy atom. The summed E-state index contributed by atoms with van der Waals surface area (Å²) >= 11 is 10.1. The van der Waals surface area contributed by atoms with E-state index >= 15 is 0 Å². The minimum Gasteiger partial charge on any atom is -0.503 e. The highest BCUT2D eigenvalue weighted by molar-refractivity contribution is 9.10. The van der Waals surface area contributed by atoms with Crippen LogP contribution >= 0.6 is 39.5 Å². The zero-order valence-electron chi connectivity index (χ0n) is 14.0. The Morgan fingerprint density at radius 3 is 2.70 bits per heavy atom. The van der Waals surface area contributed by atoms with Crippen molar-refractivity contribution in [2.75, 3.05) is 12.4 Å². The van der Waals surface area contributed by atoms with Gasteiger partial charge < -0.3 is 20.5 Å². The van der Waals surface area contributed by atoms with E-state index in [4.69, 9.17) is 17.0 Å². The number of aromatic nitrogens is 1. The number of aromatic hydroxyl groups is 1. The molecule has 2 heterocycles. The fourth-order valence-corrected chi connectivity index (χ4v) is 4.69. The molecule has 3 aromatic rings. The lowest BCUT2D eigenvalue weighted by Crippen LogP contribution is -2.38. The van der Waals surface area contributed by atoms with E-state index < -0.39 is 6.17 Å². The average Bonchev–Trinajstić information content (AvgIpc) is 3.01. The van der Waals surface area contributed by atoms with E-state index in [1.54, 1.807) is 12.1 Å². The van der Waals surface area contributed by atoms with Gasteiger partial charge in [-0.2, -0.15) is 0 Å². The first-order valence-corrected chi connectivity index (χ1v) is 9.96. The first-order valence-electron chi connectivity index (χ1n) is 7.94. The smallest absolute Gasteiger partial charge is 0.267 e. The van der Waals surface area contributed by atoms with E-state index in [1.165, 1.54) is 18.4 Å². The molecule has 0 spiro atoms. The van der Waals surface area contributed by atoms with Gasteiger partial charge in [0.05, 0.1) is 11.6 Å². The van der Waals surface area contributed by atoms with Crippen molar-refractivity contribution in [2.24, 2.45) is 0 Å². The summed E-state index contributed by atoms with van der Waals surface area (Å²) in [5, 5.41) is 16.3. The van der Waals surface area contributed by atoms with Gasteiger partial charge in [-0.15, -0.1) is 0 Å². The average molecular weight is 464 g/mol. The molecule has 9 heteroatoms. The number of phenols is 1. The van der Waals surface area contributed by atoms with Crippen molar-refractivity contribution in [3.63, 3.8) is 0 Å². The van der Waals surface area contributed by atoms with Crippen LogP contribution in [0.2, 0.25) is 0 Å². The van der Waals surface area contributed by atoms with Crippen molar-refractivity contribution in [3.8, 4) is 17.2 Å². The molecule has 1 amide bonds. The SMILES string of the molecule is COc1cc([C@H]2NC(=O)c3sc(=S)n(-c4ccccc4)c3N2)cc(Br)c1O. The summed E-state index contributed by atoms with van der Waals surface area (Å²) in [6, 6.07) is 13.0. The predicted molar refractivity (Wildman–Crippen MR) is 111 cm³/mol. The second-order valence-corrected chi connectivity index (χ2v) is 8.32. The Kier molecular flexibility index (Phi) is 4.67. The molecule has 138 valence electrons. The molecule has 27 heavy (non-hydrogen) atoms. The Labute approximate surface area is 172 Å². The number of methoxy groups -OCH3 is 1. The topological polar surface area (TPSA) is 75.5 Å². The molecular weight excluding hydrogens is 450 g/mol. The molecule has 1 aliphatic heterocycles. The van der Waals surface area contributed by atoms with Crippen LogP contribution in [-0.4, -0.2) is 22.7 Å². The molecule has 4 rings (SSSR count). The van der Waals surface area contributed by atoms with E-state index in [2.05, 4.69) is 26.6 Å². The normalized spacial score (nSPS) is 15.6. The molecular formula is C18H14BrN3O3S2. The Balaban J connectivity index is 1.81. The van der Waals surface area contributed by atoms with Crippen LogP contribution < -0.4 is 15.4 Å². The van der Waals surface area contributed by atoms with Crippen molar-refractivity contribution in [1.29, 1.82) is 0 Å². The van der Waals surface area contributed by atoms with Gasteiger partial charge in [0.1, 0.15) is 16.9 Å². The number of fused-ring (bicyclic) bond motifs is 1. The molecule has 1 atom stereocenters. The molecule has 0 aliphatic carbocycles. The van der Waals surface area contributed by atoms with Gasteiger partial charge in [-0.1, -0.05) is 29.5 Å². The summed E-state index contributed by atoms with van der Waals surface area (Å²) in [4.78, 5) is 13.2. The Bertz CT molecular complexity index is 1100. The van der Waals surface area contributed by atoms with Crippen LogP contribution in [0.1, 0.15) is 21.4 Å². The maximum atomic E-state index is 12.7. The fourth-order valence-electron chi connectivity index (χ4n) is 2.92. The summed E-state index contributed by atoms with van der Waals surface area (Å²) < 4.78 is 8.12. The number of nitrogens with zero attached hydrogens (tertiary/aromatic N) is 1. The van der Waals surface area contributed by atoms with Gasteiger partial charge in [0.2, 0.25) is 0 Å². The molecule has 0 saturated heterocycles. The van der Waals surface area contributed by atoms with E-state index in [1.807, 2.05) is 34.9 Å². The third kappa shape index (κ3) is 3.11. The van der Waals surface area contributed by atoms with E-state index in [0.717, 1.165) is 11.3 Å². The summed E-state index contributed by atoms with van der Waals surface area (Å²) in [5.41, 5.74) is 1.61. The standard InChI is InChI=1S/C18H14BrN3O3S2/c1-25-12-8-9(7-11(19)13(12)23)15-20-16-14(17(24)21-15)27-18(26)22(16)10-5-3-2-4-6-10/h2-8,15,20,23H,1H3,(H,21,24)/t15-/m1/s1. The third-order valence-electron chi connectivity index (χ3n) is 4.19. The summed E-state index contributed by atoms with van der Waals surface area (Å²) in [6.45, 7) is 0. The lowest BCUT2D eigenvalue weighted by molar-refractivity contribution is 0.0939. The number of hydrogen-bond donors (Lipinski definition) is 3. The summed E-state index contributed by atoms with van der Waals surface area (Å²) in [7, 11) is 1.47. The molecule has 0 unspecified atom stereocenters. The molecule has 1 aliphatic rings. The molecule has 1 aromatic heterocycles. The van der Waals surface area contributed by atoms with Crippen molar-refractivity contribution >= 4 is 51.2 Å². The number of benzene rings is 2.